The Hall–Kier alpha value is -1.83. The number of aromatic nitrogens is 4. The fourth-order valence-corrected chi connectivity index (χ4v) is 3.13. The Morgan fingerprint density at radius 1 is 1.41 bits per heavy atom. The van der Waals surface area contributed by atoms with Crippen LogP contribution in [-0.4, -0.2) is 37.4 Å². The smallest absolute Gasteiger partial charge is 0.319 e. The Balaban J connectivity index is 2.39. The van der Waals surface area contributed by atoms with E-state index < -0.39 is 0 Å². The molecule has 0 radical (unpaired) electrons. The van der Waals surface area contributed by atoms with Crippen molar-refractivity contribution in [1.82, 2.24) is 19.6 Å². The van der Waals surface area contributed by atoms with Crippen LogP contribution in [0.2, 0.25) is 0 Å². The molecule has 0 amide bonds. The van der Waals surface area contributed by atoms with Gasteiger partial charge in [-0.15, -0.1) is 10.2 Å². The number of esters is 1. The maximum absolute atomic E-state index is 11.9. The van der Waals surface area contributed by atoms with Gasteiger partial charge in [0.15, 0.2) is 5.16 Å². The number of carbonyl (C=O) groups is 1. The van der Waals surface area contributed by atoms with Crippen LogP contribution < -0.4 is 5.56 Å². The zero-order valence-electron chi connectivity index (χ0n) is 13.0. The van der Waals surface area contributed by atoms with Crippen molar-refractivity contribution < 1.29 is 9.53 Å². The van der Waals surface area contributed by atoms with Gasteiger partial charge in [-0.2, -0.15) is 0 Å². The standard InChI is InChI=1S/C14H20N4O3S/c1-4-7-9-8-11(19)15-13-16-17-14(18(9)13)22-10(5-2)12(20)21-6-3/h8,10H,4-7H2,1-3H3,(H,15,16,19)/t10-/m1/s1. The molecule has 8 heteroatoms. The summed E-state index contributed by atoms with van der Waals surface area (Å²) < 4.78 is 6.88. The molecule has 0 unspecified atom stereocenters. The van der Waals surface area contributed by atoms with Crippen molar-refractivity contribution in [3.8, 4) is 0 Å². The number of hydrogen-bond acceptors (Lipinski definition) is 6. The van der Waals surface area contributed by atoms with Crippen molar-refractivity contribution in [3.05, 3.63) is 22.1 Å². The second kappa shape index (κ2) is 7.44. The van der Waals surface area contributed by atoms with E-state index in [-0.39, 0.29) is 16.8 Å². The summed E-state index contributed by atoms with van der Waals surface area (Å²) in [5.74, 6) is 0.144. The average Bonchev–Trinajstić information content (AvgIpc) is 2.88. The van der Waals surface area contributed by atoms with Gasteiger partial charge in [-0.3, -0.25) is 19.0 Å². The summed E-state index contributed by atoms with van der Waals surface area (Å²) in [5, 5.41) is 8.36. The van der Waals surface area contributed by atoms with Gasteiger partial charge >= 0.3 is 5.97 Å². The topological polar surface area (TPSA) is 89.4 Å². The summed E-state index contributed by atoms with van der Waals surface area (Å²) in [7, 11) is 0. The summed E-state index contributed by atoms with van der Waals surface area (Å²) in [6.07, 6.45) is 2.27. The first-order valence-corrected chi connectivity index (χ1v) is 8.29. The lowest BCUT2D eigenvalue weighted by Crippen LogP contribution is -2.20. The Morgan fingerprint density at radius 2 is 2.18 bits per heavy atom. The zero-order chi connectivity index (χ0) is 16.1. The van der Waals surface area contributed by atoms with Crippen LogP contribution in [0.4, 0.5) is 0 Å². The normalized spacial score (nSPS) is 12.5. The SMILES string of the molecule is CCCc1cc(=O)[nH]c2nnc(S[C@H](CC)C(=O)OCC)n12. The molecular formula is C14H20N4O3S. The van der Waals surface area contributed by atoms with Crippen LogP contribution in [0.1, 0.15) is 39.3 Å². The Morgan fingerprint density at radius 3 is 2.82 bits per heavy atom. The predicted molar refractivity (Wildman–Crippen MR) is 84.2 cm³/mol. The second-order valence-electron chi connectivity index (χ2n) is 4.78. The molecule has 0 aromatic carbocycles. The van der Waals surface area contributed by atoms with Crippen LogP contribution >= 0.6 is 11.8 Å². The highest BCUT2D eigenvalue weighted by Gasteiger charge is 2.23. The lowest BCUT2D eigenvalue weighted by atomic mass is 10.2. The molecule has 2 aromatic heterocycles. The molecule has 0 saturated carbocycles. The minimum absolute atomic E-state index is 0.197. The highest BCUT2D eigenvalue weighted by Crippen LogP contribution is 2.25. The Kier molecular flexibility index (Phi) is 5.59. The van der Waals surface area contributed by atoms with Gasteiger partial charge in [-0.25, -0.2) is 0 Å². The molecule has 120 valence electrons. The minimum Gasteiger partial charge on any atom is -0.465 e. The van der Waals surface area contributed by atoms with Crippen LogP contribution in [0.15, 0.2) is 16.0 Å². The van der Waals surface area contributed by atoms with E-state index in [1.807, 2.05) is 13.8 Å². The number of thioether (sulfide) groups is 1. The maximum atomic E-state index is 11.9. The lowest BCUT2D eigenvalue weighted by Gasteiger charge is -2.12. The van der Waals surface area contributed by atoms with Gasteiger partial charge in [0.25, 0.3) is 5.56 Å². The summed E-state index contributed by atoms with van der Waals surface area (Å²) in [6, 6.07) is 1.55. The molecule has 2 aromatic rings. The van der Waals surface area contributed by atoms with Gasteiger partial charge < -0.3 is 4.74 Å². The monoisotopic (exact) mass is 324 g/mol. The molecular weight excluding hydrogens is 304 g/mol. The number of carbonyl (C=O) groups excluding carboxylic acids is 1. The first-order chi connectivity index (χ1) is 10.6. The number of fused-ring (bicyclic) bond motifs is 1. The van der Waals surface area contributed by atoms with E-state index in [1.54, 1.807) is 17.4 Å². The van der Waals surface area contributed by atoms with E-state index in [1.165, 1.54) is 11.8 Å². The largest absolute Gasteiger partial charge is 0.465 e. The Bertz CT molecular complexity index is 710. The number of hydrogen-bond donors (Lipinski definition) is 1. The van der Waals surface area contributed by atoms with Crippen LogP contribution in [0.5, 0.6) is 0 Å². The molecule has 0 saturated heterocycles. The van der Waals surface area contributed by atoms with Crippen molar-refractivity contribution in [2.45, 2.75) is 50.4 Å². The second-order valence-corrected chi connectivity index (χ2v) is 5.95. The average molecular weight is 324 g/mol. The van der Waals surface area contributed by atoms with Crippen LogP contribution in [-0.2, 0) is 16.0 Å². The predicted octanol–water partition coefficient (Wildman–Crippen LogP) is 1.80. The molecule has 22 heavy (non-hydrogen) atoms. The zero-order valence-corrected chi connectivity index (χ0v) is 13.8. The minimum atomic E-state index is -0.339. The quantitative estimate of drug-likeness (QED) is 0.617. The molecule has 0 aliphatic carbocycles. The highest BCUT2D eigenvalue weighted by atomic mass is 32.2. The number of rotatable bonds is 7. The van der Waals surface area contributed by atoms with E-state index in [0.717, 1.165) is 18.5 Å². The van der Waals surface area contributed by atoms with Gasteiger partial charge in [0.2, 0.25) is 5.78 Å². The van der Waals surface area contributed by atoms with Gasteiger partial charge in [0.05, 0.1) is 6.61 Å². The van der Waals surface area contributed by atoms with Crippen LogP contribution in [0.3, 0.4) is 0 Å². The molecule has 0 bridgehead atoms. The molecule has 2 heterocycles. The van der Waals surface area contributed by atoms with E-state index in [9.17, 15) is 9.59 Å². The fourth-order valence-electron chi connectivity index (χ4n) is 2.15. The van der Waals surface area contributed by atoms with Crippen molar-refractivity contribution in [2.75, 3.05) is 6.61 Å². The number of nitrogens with one attached hydrogen (secondary N) is 1. The molecule has 1 atom stereocenters. The maximum Gasteiger partial charge on any atom is 0.319 e. The van der Waals surface area contributed by atoms with E-state index in [0.29, 0.717) is 24.0 Å². The number of nitrogens with zero attached hydrogens (tertiary/aromatic N) is 3. The van der Waals surface area contributed by atoms with Gasteiger partial charge in [0.1, 0.15) is 5.25 Å². The molecule has 1 N–H and O–H groups in total. The number of H-pyrrole nitrogens is 1. The van der Waals surface area contributed by atoms with Crippen LogP contribution in [0.25, 0.3) is 5.78 Å². The van der Waals surface area contributed by atoms with E-state index in [4.69, 9.17) is 4.74 Å². The summed E-state index contributed by atoms with van der Waals surface area (Å²) in [5.41, 5.74) is 0.643. The number of aromatic amines is 1. The number of aryl methyl sites for hydroxylation is 1. The first-order valence-electron chi connectivity index (χ1n) is 7.41. The third kappa shape index (κ3) is 3.49. The molecule has 0 aliphatic heterocycles. The summed E-state index contributed by atoms with van der Waals surface area (Å²) >= 11 is 1.31. The molecule has 0 fully saturated rings. The number of ether oxygens (including phenoxy) is 1. The van der Waals surface area contributed by atoms with Crippen LogP contribution in [0, 0.1) is 0 Å². The van der Waals surface area contributed by atoms with Crippen molar-refractivity contribution in [1.29, 1.82) is 0 Å². The van der Waals surface area contributed by atoms with Gasteiger partial charge in [-0.1, -0.05) is 32.0 Å². The highest BCUT2D eigenvalue weighted by molar-refractivity contribution is 8.00. The lowest BCUT2D eigenvalue weighted by molar-refractivity contribution is -0.142. The van der Waals surface area contributed by atoms with Gasteiger partial charge in [0, 0.05) is 11.8 Å². The van der Waals surface area contributed by atoms with Gasteiger partial charge in [-0.05, 0) is 19.8 Å². The van der Waals surface area contributed by atoms with E-state index in [2.05, 4.69) is 15.2 Å². The van der Waals surface area contributed by atoms with Crippen molar-refractivity contribution in [3.63, 3.8) is 0 Å². The first kappa shape index (κ1) is 16.5. The molecule has 2 rings (SSSR count). The molecule has 0 spiro atoms. The third-order valence-corrected chi connectivity index (χ3v) is 4.41. The third-order valence-electron chi connectivity index (χ3n) is 3.13. The molecule has 0 aliphatic rings. The summed E-state index contributed by atoms with van der Waals surface area (Å²) in [4.78, 5) is 26.2. The summed E-state index contributed by atoms with van der Waals surface area (Å²) in [6.45, 7) is 6.10. The van der Waals surface area contributed by atoms with Crippen molar-refractivity contribution in [2.24, 2.45) is 0 Å². The van der Waals surface area contributed by atoms with E-state index >= 15 is 0 Å². The fraction of sp³-hybridized carbons (Fsp3) is 0.571. The Labute approximate surface area is 132 Å². The van der Waals surface area contributed by atoms with Crippen molar-refractivity contribution >= 4 is 23.5 Å². The molecule has 7 nitrogen and oxygen atoms in total.